The minimum atomic E-state index is -0.705. The van der Waals surface area contributed by atoms with Crippen molar-refractivity contribution in [2.45, 2.75) is 19.9 Å². The maximum Gasteiger partial charge on any atom is 0.307 e. The van der Waals surface area contributed by atoms with Crippen LogP contribution in [0.2, 0.25) is 0 Å². The lowest BCUT2D eigenvalue weighted by Crippen LogP contribution is -2.20. The highest BCUT2D eigenvalue weighted by Crippen LogP contribution is 2.15. The number of aryl methyl sites for hydroxylation is 1. The van der Waals surface area contributed by atoms with Crippen LogP contribution in [0.4, 0.5) is 14.5 Å². The number of nitrogens with zero attached hydrogens (tertiary/aromatic N) is 1. The zero-order chi connectivity index (χ0) is 14.7. The number of anilines is 1. The molecule has 1 heterocycles. The van der Waals surface area contributed by atoms with E-state index in [0.29, 0.717) is 0 Å². The van der Waals surface area contributed by atoms with Crippen molar-refractivity contribution < 1.29 is 13.6 Å². The summed E-state index contributed by atoms with van der Waals surface area (Å²) >= 11 is 1.06. The summed E-state index contributed by atoms with van der Waals surface area (Å²) in [6, 6.07) is 2.83. The van der Waals surface area contributed by atoms with Crippen molar-refractivity contribution in [1.29, 1.82) is 0 Å². The fourth-order valence-electron chi connectivity index (χ4n) is 1.69. The molecule has 0 atom stereocenters. The summed E-state index contributed by atoms with van der Waals surface area (Å²) in [5, 5.41) is 3.99. The number of aromatic nitrogens is 1. The minimum Gasteiger partial charge on any atom is -0.323 e. The molecule has 0 aliphatic rings. The third-order valence-corrected chi connectivity index (χ3v) is 3.62. The highest BCUT2D eigenvalue weighted by Gasteiger charge is 2.10. The molecule has 7 heteroatoms. The van der Waals surface area contributed by atoms with Crippen LogP contribution < -0.4 is 10.2 Å². The predicted molar refractivity (Wildman–Crippen MR) is 72.9 cm³/mol. The highest BCUT2D eigenvalue weighted by atomic mass is 32.1. The molecular weight excluding hydrogens is 286 g/mol. The molecule has 0 radical (unpaired) electrons. The summed E-state index contributed by atoms with van der Waals surface area (Å²) in [6.45, 7) is 1.97. The molecule has 0 aliphatic heterocycles. The average molecular weight is 298 g/mol. The normalized spacial score (nSPS) is 10.6. The Labute approximate surface area is 117 Å². The Balaban J connectivity index is 2.00. The molecule has 0 saturated heterocycles. The molecule has 20 heavy (non-hydrogen) atoms. The van der Waals surface area contributed by atoms with Crippen LogP contribution >= 0.6 is 11.3 Å². The Bertz CT molecular complexity index is 694. The minimum absolute atomic E-state index is 0.00737. The third kappa shape index (κ3) is 3.30. The van der Waals surface area contributed by atoms with Crippen molar-refractivity contribution in [3.8, 4) is 0 Å². The van der Waals surface area contributed by atoms with E-state index in [9.17, 15) is 18.4 Å². The van der Waals surface area contributed by atoms with Gasteiger partial charge in [0.1, 0.15) is 11.6 Å². The van der Waals surface area contributed by atoms with E-state index in [4.69, 9.17) is 0 Å². The van der Waals surface area contributed by atoms with E-state index in [2.05, 4.69) is 5.32 Å². The second-order valence-electron chi connectivity index (χ2n) is 4.22. The van der Waals surface area contributed by atoms with Gasteiger partial charge in [0, 0.05) is 30.1 Å². The van der Waals surface area contributed by atoms with E-state index in [1.165, 1.54) is 4.57 Å². The first-order chi connectivity index (χ1) is 9.47. The second kappa shape index (κ2) is 5.96. The van der Waals surface area contributed by atoms with E-state index in [-0.39, 0.29) is 23.5 Å². The smallest absolute Gasteiger partial charge is 0.307 e. The first-order valence-corrected chi connectivity index (χ1v) is 6.75. The Hall–Kier alpha value is -2.02. The van der Waals surface area contributed by atoms with Crippen molar-refractivity contribution in [2.75, 3.05) is 5.32 Å². The van der Waals surface area contributed by atoms with Crippen LogP contribution in [0.3, 0.4) is 0 Å². The van der Waals surface area contributed by atoms with Crippen LogP contribution in [0.5, 0.6) is 0 Å². The van der Waals surface area contributed by atoms with Gasteiger partial charge in [-0.15, -0.1) is 0 Å². The van der Waals surface area contributed by atoms with Gasteiger partial charge in [-0.05, 0) is 19.1 Å². The molecule has 0 saturated carbocycles. The lowest BCUT2D eigenvalue weighted by Gasteiger charge is -2.07. The molecule has 0 spiro atoms. The fraction of sp³-hybridized carbons (Fsp3) is 0.231. The molecule has 0 fully saturated rings. The number of nitrogens with one attached hydrogen (secondary N) is 1. The first-order valence-electron chi connectivity index (χ1n) is 5.87. The lowest BCUT2D eigenvalue weighted by molar-refractivity contribution is -0.116. The van der Waals surface area contributed by atoms with Gasteiger partial charge in [0.05, 0.1) is 5.69 Å². The van der Waals surface area contributed by atoms with Crippen LogP contribution in [0.15, 0.2) is 28.4 Å². The number of rotatable bonds is 4. The average Bonchev–Trinajstić information content (AvgIpc) is 2.71. The van der Waals surface area contributed by atoms with E-state index in [1.54, 1.807) is 12.3 Å². The number of carbonyl (C=O) groups is 1. The maximum atomic E-state index is 13.3. The molecule has 106 valence electrons. The van der Waals surface area contributed by atoms with Gasteiger partial charge in [0.15, 0.2) is 0 Å². The Morgan fingerprint density at radius 1 is 1.40 bits per heavy atom. The van der Waals surface area contributed by atoms with E-state index in [0.717, 1.165) is 35.2 Å². The lowest BCUT2D eigenvalue weighted by atomic mass is 10.3. The van der Waals surface area contributed by atoms with Crippen LogP contribution in [0.25, 0.3) is 0 Å². The molecule has 4 nitrogen and oxygen atoms in total. The Morgan fingerprint density at radius 2 is 2.15 bits per heavy atom. The van der Waals surface area contributed by atoms with Crippen LogP contribution in [0, 0.1) is 18.6 Å². The molecule has 1 aromatic heterocycles. The quantitative estimate of drug-likeness (QED) is 0.943. The van der Waals surface area contributed by atoms with Gasteiger partial charge in [-0.2, -0.15) is 0 Å². The fourth-order valence-corrected chi connectivity index (χ4v) is 2.46. The first kappa shape index (κ1) is 14.4. The van der Waals surface area contributed by atoms with Gasteiger partial charge in [-0.3, -0.25) is 9.59 Å². The molecule has 2 aromatic rings. The van der Waals surface area contributed by atoms with Crippen molar-refractivity contribution >= 4 is 22.9 Å². The van der Waals surface area contributed by atoms with Gasteiger partial charge in [-0.1, -0.05) is 11.3 Å². The third-order valence-electron chi connectivity index (χ3n) is 2.74. The van der Waals surface area contributed by atoms with Crippen molar-refractivity contribution in [3.05, 3.63) is 50.6 Å². The predicted octanol–water partition coefficient (Wildman–Crippen LogP) is 2.53. The number of halogens is 2. The SMILES string of the molecule is Cc1csc(=O)n1CCC(=O)Nc1cc(F)ccc1F. The van der Waals surface area contributed by atoms with Crippen LogP contribution in [-0.2, 0) is 11.3 Å². The number of amides is 1. The second-order valence-corrected chi connectivity index (χ2v) is 5.04. The van der Waals surface area contributed by atoms with Gasteiger partial charge < -0.3 is 9.88 Å². The van der Waals surface area contributed by atoms with E-state index in [1.807, 2.05) is 0 Å². The molecule has 1 N–H and O–H groups in total. The standard InChI is InChI=1S/C13H12F2N2O2S/c1-8-7-20-13(19)17(8)5-4-12(18)16-11-6-9(14)2-3-10(11)15/h2-3,6-7H,4-5H2,1H3,(H,16,18). The van der Waals surface area contributed by atoms with Crippen molar-refractivity contribution in [1.82, 2.24) is 4.57 Å². The molecule has 0 aliphatic carbocycles. The molecule has 1 amide bonds. The molecule has 1 aromatic carbocycles. The number of hydrogen-bond acceptors (Lipinski definition) is 3. The van der Waals surface area contributed by atoms with Gasteiger partial charge in [-0.25, -0.2) is 8.78 Å². The number of thiazole rings is 1. The highest BCUT2D eigenvalue weighted by molar-refractivity contribution is 7.07. The zero-order valence-corrected chi connectivity index (χ0v) is 11.5. The number of benzene rings is 1. The topological polar surface area (TPSA) is 51.1 Å². The monoisotopic (exact) mass is 298 g/mol. The van der Waals surface area contributed by atoms with E-state index >= 15 is 0 Å². The maximum absolute atomic E-state index is 13.3. The Morgan fingerprint density at radius 3 is 2.80 bits per heavy atom. The van der Waals surface area contributed by atoms with Gasteiger partial charge in [0.25, 0.3) is 0 Å². The zero-order valence-electron chi connectivity index (χ0n) is 10.7. The van der Waals surface area contributed by atoms with Crippen LogP contribution in [0.1, 0.15) is 12.1 Å². The summed E-state index contributed by atoms with van der Waals surface area (Å²) in [7, 11) is 0. The van der Waals surface area contributed by atoms with Gasteiger partial charge >= 0.3 is 4.87 Å². The van der Waals surface area contributed by atoms with Crippen molar-refractivity contribution in [2.24, 2.45) is 0 Å². The summed E-state index contributed by atoms with van der Waals surface area (Å²) in [5.41, 5.74) is 0.564. The van der Waals surface area contributed by atoms with Crippen molar-refractivity contribution in [3.63, 3.8) is 0 Å². The summed E-state index contributed by atoms with van der Waals surface area (Å²) in [4.78, 5) is 23.0. The van der Waals surface area contributed by atoms with E-state index < -0.39 is 17.5 Å². The molecule has 2 rings (SSSR count). The number of hydrogen-bond donors (Lipinski definition) is 1. The summed E-state index contributed by atoms with van der Waals surface area (Å²) in [5.74, 6) is -1.82. The van der Waals surface area contributed by atoms with Crippen LogP contribution in [-0.4, -0.2) is 10.5 Å². The van der Waals surface area contributed by atoms with Gasteiger partial charge in [0.2, 0.25) is 5.91 Å². The summed E-state index contributed by atoms with van der Waals surface area (Å²) < 4.78 is 27.8. The largest absolute Gasteiger partial charge is 0.323 e. The molecular formula is C13H12F2N2O2S. The number of carbonyl (C=O) groups excluding carboxylic acids is 1. The molecule has 0 unspecified atom stereocenters. The summed E-state index contributed by atoms with van der Waals surface area (Å²) in [6.07, 6.45) is 0.00737. The Kier molecular flexibility index (Phi) is 4.29. The molecule has 0 bridgehead atoms.